The quantitative estimate of drug-likeness (QED) is 0.694. The molecule has 0 amide bonds. The normalized spacial score (nSPS) is 10.8. The Morgan fingerprint density at radius 1 is 1.00 bits per heavy atom. The summed E-state index contributed by atoms with van der Waals surface area (Å²) in [6.07, 6.45) is 3.46. The standard InChI is InChI=1S/C19H14N2O4S/c20-26(24,25)16-7-3-5-14(13-16)9-10-15-6-4-8-17(19(22)23)18(15)21-11-1-2-12-21/h1-8,11-13H,(H,22,23)(H2,20,24,25). The molecule has 3 N–H and O–H groups in total. The second-order valence-electron chi connectivity index (χ2n) is 5.42. The van der Waals surface area contributed by atoms with E-state index < -0.39 is 16.0 Å². The molecule has 0 aliphatic carbocycles. The van der Waals surface area contributed by atoms with Crippen LogP contribution in [-0.4, -0.2) is 24.1 Å². The molecule has 0 spiro atoms. The molecule has 3 aromatic rings. The van der Waals surface area contributed by atoms with Crippen LogP contribution in [-0.2, 0) is 10.0 Å². The third kappa shape index (κ3) is 3.67. The molecule has 2 aromatic carbocycles. The minimum absolute atomic E-state index is 0.0331. The van der Waals surface area contributed by atoms with Crippen LogP contribution >= 0.6 is 0 Å². The first-order valence-corrected chi connectivity index (χ1v) is 9.05. The molecule has 130 valence electrons. The zero-order valence-corrected chi connectivity index (χ0v) is 14.3. The van der Waals surface area contributed by atoms with E-state index in [2.05, 4.69) is 11.8 Å². The Balaban J connectivity index is 2.12. The van der Waals surface area contributed by atoms with Gasteiger partial charge < -0.3 is 9.67 Å². The van der Waals surface area contributed by atoms with Crippen molar-refractivity contribution in [3.63, 3.8) is 0 Å². The Morgan fingerprint density at radius 2 is 1.69 bits per heavy atom. The van der Waals surface area contributed by atoms with Gasteiger partial charge in [0.25, 0.3) is 0 Å². The number of primary sulfonamides is 1. The van der Waals surface area contributed by atoms with E-state index in [0.717, 1.165) is 0 Å². The number of benzene rings is 2. The summed E-state index contributed by atoms with van der Waals surface area (Å²) in [7, 11) is -3.82. The number of para-hydroxylation sites is 1. The van der Waals surface area contributed by atoms with E-state index >= 15 is 0 Å². The molecular formula is C19H14N2O4S. The zero-order chi connectivity index (χ0) is 18.7. The maximum absolute atomic E-state index is 11.6. The number of sulfonamides is 1. The van der Waals surface area contributed by atoms with Gasteiger partial charge in [0.15, 0.2) is 0 Å². The average molecular weight is 366 g/mol. The number of hydrogen-bond acceptors (Lipinski definition) is 3. The molecule has 7 heteroatoms. The van der Waals surface area contributed by atoms with Gasteiger partial charge in [-0.2, -0.15) is 0 Å². The van der Waals surface area contributed by atoms with Crippen LogP contribution in [0.2, 0.25) is 0 Å². The summed E-state index contributed by atoms with van der Waals surface area (Å²) in [4.78, 5) is 11.5. The number of aromatic carboxylic acids is 1. The predicted octanol–water partition coefficient (Wildman–Crippen LogP) is 2.22. The lowest BCUT2D eigenvalue weighted by molar-refractivity contribution is 0.0697. The van der Waals surface area contributed by atoms with Gasteiger partial charge in [0.2, 0.25) is 10.0 Å². The van der Waals surface area contributed by atoms with Crippen LogP contribution < -0.4 is 5.14 Å². The van der Waals surface area contributed by atoms with E-state index in [-0.39, 0.29) is 10.5 Å². The number of carbonyl (C=O) groups is 1. The molecule has 0 bridgehead atoms. The van der Waals surface area contributed by atoms with Gasteiger partial charge in [-0.25, -0.2) is 18.4 Å². The average Bonchev–Trinajstić information content (AvgIpc) is 3.13. The van der Waals surface area contributed by atoms with Crippen LogP contribution in [0.4, 0.5) is 0 Å². The van der Waals surface area contributed by atoms with Gasteiger partial charge in [-0.3, -0.25) is 0 Å². The second-order valence-corrected chi connectivity index (χ2v) is 6.98. The minimum Gasteiger partial charge on any atom is -0.478 e. The first kappa shape index (κ1) is 17.5. The van der Waals surface area contributed by atoms with Gasteiger partial charge >= 0.3 is 5.97 Å². The molecule has 1 aromatic heterocycles. The first-order valence-electron chi connectivity index (χ1n) is 7.51. The summed E-state index contributed by atoms with van der Waals surface area (Å²) in [6.45, 7) is 0. The van der Waals surface area contributed by atoms with Crippen molar-refractivity contribution in [2.75, 3.05) is 0 Å². The highest BCUT2D eigenvalue weighted by atomic mass is 32.2. The molecule has 0 fully saturated rings. The SMILES string of the molecule is NS(=O)(=O)c1cccc(C#Cc2cccc(C(=O)O)c2-n2cccc2)c1. The largest absolute Gasteiger partial charge is 0.478 e. The van der Waals surface area contributed by atoms with Crippen LogP contribution in [0.5, 0.6) is 0 Å². The van der Waals surface area contributed by atoms with Gasteiger partial charge in [-0.05, 0) is 42.5 Å². The van der Waals surface area contributed by atoms with Crippen molar-refractivity contribution < 1.29 is 18.3 Å². The summed E-state index contributed by atoms with van der Waals surface area (Å²) < 4.78 is 24.6. The molecule has 0 aliphatic heterocycles. The fraction of sp³-hybridized carbons (Fsp3) is 0. The number of nitrogens with two attached hydrogens (primary N) is 1. The van der Waals surface area contributed by atoms with Crippen LogP contribution in [0.1, 0.15) is 21.5 Å². The number of rotatable bonds is 3. The smallest absolute Gasteiger partial charge is 0.337 e. The zero-order valence-electron chi connectivity index (χ0n) is 13.5. The van der Waals surface area contributed by atoms with E-state index in [1.807, 2.05) is 0 Å². The van der Waals surface area contributed by atoms with Crippen molar-refractivity contribution >= 4 is 16.0 Å². The van der Waals surface area contributed by atoms with E-state index in [4.69, 9.17) is 5.14 Å². The van der Waals surface area contributed by atoms with Gasteiger partial charge in [-0.1, -0.05) is 24.0 Å². The number of carboxylic acid groups (broad SMARTS) is 1. The maximum Gasteiger partial charge on any atom is 0.337 e. The second kappa shape index (κ2) is 6.88. The highest BCUT2D eigenvalue weighted by molar-refractivity contribution is 7.89. The summed E-state index contributed by atoms with van der Waals surface area (Å²) in [6, 6.07) is 14.3. The summed E-state index contributed by atoms with van der Waals surface area (Å²) in [5, 5.41) is 14.6. The summed E-state index contributed by atoms with van der Waals surface area (Å²) >= 11 is 0. The Labute approximate surface area is 150 Å². The molecule has 0 unspecified atom stereocenters. The molecule has 0 saturated carbocycles. The van der Waals surface area contributed by atoms with Gasteiger partial charge in [0, 0.05) is 23.5 Å². The lowest BCUT2D eigenvalue weighted by Crippen LogP contribution is -2.12. The monoisotopic (exact) mass is 366 g/mol. The van der Waals surface area contributed by atoms with Crippen LogP contribution in [0, 0.1) is 11.8 Å². The molecule has 0 aliphatic rings. The van der Waals surface area contributed by atoms with Crippen molar-refractivity contribution in [1.82, 2.24) is 4.57 Å². The molecule has 0 radical (unpaired) electrons. The molecule has 0 atom stereocenters. The summed E-state index contributed by atoms with van der Waals surface area (Å²) in [5.41, 5.74) is 1.52. The molecule has 6 nitrogen and oxygen atoms in total. The van der Waals surface area contributed by atoms with Crippen molar-refractivity contribution in [3.8, 4) is 17.5 Å². The fourth-order valence-corrected chi connectivity index (χ4v) is 3.03. The third-order valence-corrected chi connectivity index (χ3v) is 4.54. The van der Waals surface area contributed by atoms with Crippen molar-refractivity contribution in [2.24, 2.45) is 5.14 Å². The Morgan fingerprint density at radius 3 is 2.35 bits per heavy atom. The molecule has 0 saturated heterocycles. The van der Waals surface area contributed by atoms with Crippen molar-refractivity contribution in [2.45, 2.75) is 4.90 Å². The molecule has 26 heavy (non-hydrogen) atoms. The van der Waals surface area contributed by atoms with Crippen LogP contribution in [0.3, 0.4) is 0 Å². The lowest BCUT2D eigenvalue weighted by Gasteiger charge is -2.10. The third-order valence-electron chi connectivity index (χ3n) is 3.63. The Kier molecular flexibility index (Phi) is 4.63. The highest BCUT2D eigenvalue weighted by Crippen LogP contribution is 2.20. The van der Waals surface area contributed by atoms with E-state index in [9.17, 15) is 18.3 Å². The van der Waals surface area contributed by atoms with Crippen LogP contribution in [0.15, 0.2) is 71.9 Å². The minimum atomic E-state index is -3.82. The number of carboxylic acids is 1. The predicted molar refractivity (Wildman–Crippen MR) is 96.5 cm³/mol. The van der Waals surface area contributed by atoms with Crippen molar-refractivity contribution in [3.05, 3.63) is 83.7 Å². The first-order chi connectivity index (χ1) is 12.4. The van der Waals surface area contributed by atoms with Gasteiger partial charge in [-0.15, -0.1) is 0 Å². The maximum atomic E-state index is 11.6. The van der Waals surface area contributed by atoms with E-state index in [1.165, 1.54) is 18.2 Å². The Hall–Kier alpha value is -3.34. The number of aromatic nitrogens is 1. The lowest BCUT2D eigenvalue weighted by atomic mass is 10.1. The van der Waals surface area contributed by atoms with Crippen LogP contribution in [0.25, 0.3) is 5.69 Å². The fourth-order valence-electron chi connectivity index (χ4n) is 2.47. The number of nitrogens with zero attached hydrogens (tertiary/aromatic N) is 1. The molecule has 3 rings (SSSR count). The van der Waals surface area contributed by atoms with Gasteiger partial charge in [0.1, 0.15) is 0 Å². The highest BCUT2D eigenvalue weighted by Gasteiger charge is 2.14. The van der Waals surface area contributed by atoms with E-state index in [0.29, 0.717) is 16.8 Å². The molecule has 1 heterocycles. The number of hydrogen-bond donors (Lipinski definition) is 2. The Bertz CT molecular complexity index is 1140. The summed E-state index contributed by atoms with van der Waals surface area (Å²) in [5.74, 6) is 4.73. The van der Waals surface area contributed by atoms with Gasteiger partial charge in [0.05, 0.1) is 16.1 Å². The van der Waals surface area contributed by atoms with E-state index in [1.54, 1.807) is 53.4 Å². The topological polar surface area (TPSA) is 102 Å². The molecular weight excluding hydrogens is 352 g/mol. The van der Waals surface area contributed by atoms with Crippen molar-refractivity contribution in [1.29, 1.82) is 0 Å².